The standard InChI is InChI=1S/C21H23N3O3/c1-14(2)16-4-10-19(11-5-16)27-15(3)21(26)24-18-8-6-17(7-9-18)23-20(25)12-13-22/h4-11,14-15H,12H2,1-3H3,(H,23,25)(H,24,26). The summed E-state index contributed by atoms with van der Waals surface area (Å²) < 4.78 is 5.69. The van der Waals surface area contributed by atoms with Crippen LogP contribution in [-0.2, 0) is 9.59 Å². The van der Waals surface area contributed by atoms with Crippen molar-refractivity contribution < 1.29 is 14.3 Å². The van der Waals surface area contributed by atoms with Crippen LogP contribution in [0.25, 0.3) is 0 Å². The van der Waals surface area contributed by atoms with Gasteiger partial charge in [-0.15, -0.1) is 0 Å². The Balaban J connectivity index is 1.90. The number of anilines is 2. The first-order chi connectivity index (χ1) is 12.9. The minimum absolute atomic E-state index is 0.203. The third-order valence-electron chi connectivity index (χ3n) is 3.90. The molecular formula is C21H23N3O3. The van der Waals surface area contributed by atoms with Gasteiger partial charge < -0.3 is 15.4 Å². The van der Waals surface area contributed by atoms with Crippen molar-refractivity contribution in [2.24, 2.45) is 0 Å². The SMILES string of the molecule is CC(Oc1ccc(C(C)C)cc1)C(=O)Nc1ccc(NC(=O)CC#N)cc1. The molecule has 0 aliphatic rings. The number of benzene rings is 2. The Morgan fingerprint density at radius 2 is 1.52 bits per heavy atom. The van der Waals surface area contributed by atoms with Crippen LogP contribution in [0, 0.1) is 11.3 Å². The summed E-state index contributed by atoms with van der Waals surface area (Å²) in [7, 11) is 0. The molecule has 27 heavy (non-hydrogen) atoms. The molecule has 0 aromatic heterocycles. The van der Waals surface area contributed by atoms with Gasteiger partial charge in [-0.3, -0.25) is 9.59 Å². The fourth-order valence-electron chi connectivity index (χ4n) is 2.35. The molecule has 2 aromatic rings. The third kappa shape index (κ3) is 6.15. The second kappa shape index (κ2) is 9.39. The second-order valence-corrected chi connectivity index (χ2v) is 6.43. The van der Waals surface area contributed by atoms with Gasteiger partial charge in [0.15, 0.2) is 6.10 Å². The van der Waals surface area contributed by atoms with Gasteiger partial charge in [0, 0.05) is 11.4 Å². The van der Waals surface area contributed by atoms with Gasteiger partial charge in [-0.25, -0.2) is 0 Å². The van der Waals surface area contributed by atoms with Crippen LogP contribution in [0.15, 0.2) is 48.5 Å². The van der Waals surface area contributed by atoms with Crippen molar-refractivity contribution in [2.75, 3.05) is 10.6 Å². The number of rotatable bonds is 7. The summed E-state index contributed by atoms with van der Waals surface area (Å²) in [6.07, 6.45) is -0.865. The summed E-state index contributed by atoms with van der Waals surface area (Å²) in [5.74, 6) is 0.425. The summed E-state index contributed by atoms with van der Waals surface area (Å²) in [5.41, 5.74) is 2.35. The number of amides is 2. The van der Waals surface area contributed by atoms with E-state index in [1.807, 2.05) is 24.3 Å². The lowest BCUT2D eigenvalue weighted by molar-refractivity contribution is -0.122. The fourth-order valence-corrected chi connectivity index (χ4v) is 2.35. The van der Waals surface area contributed by atoms with E-state index in [9.17, 15) is 9.59 Å². The van der Waals surface area contributed by atoms with Crippen molar-refractivity contribution in [3.8, 4) is 11.8 Å². The van der Waals surface area contributed by atoms with E-state index in [1.165, 1.54) is 5.56 Å². The molecule has 140 valence electrons. The Hall–Kier alpha value is -3.33. The van der Waals surface area contributed by atoms with Crippen LogP contribution < -0.4 is 15.4 Å². The van der Waals surface area contributed by atoms with Crippen molar-refractivity contribution in [2.45, 2.75) is 39.2 Å². The average Bonchev–Trinajstić information content (AvgIpc) is 2.64. The van der Waals surface area contributed by atoms with E-state index >= 15 is 0 Å². The number of carbonyl (C=O) groups excluding carboxylic acids is 2. The molecule has 0 bridgehead atoms. The maximum absolute atomic E-state index is 12.3. The topological polar surface area (TPSA) is 91.2 Å². The highest BCUT2D eigenvalue weighted by Crippen LogP contribution is 2.20. The molecule has 0 spiro atoms. The Morgan fingerprint density at radius 3 is 2.04 bits per heavy atom. The molecule has 2 aromatic carbocycles. The zero-order chi connectivity index (χ0) is 19.8. The molecule has 0 aliphatic carbocycles. The van der Waals surface area contributed by atoms with Crippen LogP contribution in [0.4, 0.5) is 11.4 Å². The summed E-state index contributed by atoms with van der Waals surface area (Å²) in [4.78, 5) is 23.7. The quantitative estimate of drug-likeness (QED) is 0.774. The van der Waals surface area contributed by atoms with Gasteiger partial charge in [-0.1, -0.05) is 26.0 Å². The predicted molar refractivity (Wildman–Crippen MR) is 105 cm³/mol. The zero-order valence-corrected chi connectivity index (χ0v) is 15.7. The Bertz CT molecular complexity index is 821. The van der Waals surface area contributed by atoms with Gasteiger partial charge in [0.05, 0.1) is 6.07 Å². The van der Waals surface area contributed by atoms with Crippen molar-refractivity contribution >= 4 is 23.2 Å². The fraction of sp³-hybridized carbons (Fsp3) is 0.286. The van der Waals surface area contributed by atoms with Crippen molar-refractivity contribution in [3.05, 3.63) is 54.1 Å². The lowest BCUT2D eigenvalue weighted by Gasteiger charge is -2.15. The normalized spacial score (nSPS) is 11.4. The lowest BCUT2D eigenvalue weighted by Crippen LogP contribution is -2.30. The Kier molecular flexibility index (Phi) is 6.95. The smallest absolute Gasteiger partial charge is 0.265 e. The number of nitriles is 1. The molecule has 2 amide bonds. The van der Waals surface area contributed by atoms with Gasteiger partial charge in [-0.2, -0.15) is 5.26 Å². The van der Waals surface area contributed by atoms with Crippen LogP contribution in [-0.4, -0.2) is 17.9 Å². The van der Waals surface area contributed by atoms with E-state index in [1.54, 1.807) is 37.3 Å². The van der Waals surface area contributed by atoms with E-state index in [2.05, 4.69) is 24.5 Å². The van der Waals surface area contributed by atoms with Gasteiger partial charge in [-0.05, 0) is 54.8 Å². The van der Waals surface area contributed by atoms with Crippen LogP contribution in [0.1, 0.15) is 38.7 Å². The first-order valence-corrected chi connectivity index (χ1v) is 8.73. The van der Waals surface area contributed by atoms with E-state index < -0.39 is 6.10 Å². The molecule has 0 saturated heterocycles. The maximum Gasteiger partial charge on any atom is 0.265 e. The maximum atomic E-state index is 12.3. The molecular weight excluding hydrogens is 342 g/mol. The molecule has 2 N–H and O–H groups in total. The van der Waals surface area contributed by atoms with Crippen molar-refractivity contribution in [3.63, 3.8) is 0 Å². The van der Waals surface area contributed by atoms with E-state index in [-0.39, 0.29) is 18.2 Å². The third-order valence-corrected chi connectivity index (χ3v) is 3.90. The van der Waals surface area contributed by atoms with Crippen LogP contribution in [0.5, 0.6) is 5.75 Å². The number of hydrogen-bond donors (Lipinski definition) is 2. The van der Waals surface area contributed by atoms with Gasteiger partial charge in [0.2, 0.25) is 5.91 Å². The predicted octanol–water partition coefficient (Wildman–Crippen LogP) is 4.07. The van der Waals surface area contributed by atoms with E-state index in [0.29, 0.717) is 23.0 Å². The van der Waals surface area contributed by atoms with Gasteiger partial charge in [0.1, 0.15) is 12.2 Å². The molecule has 1 unspecified atom stereocenters. The zero-order valence-electron chi connectivity index (χ0n) is 15.7. The molecule has 6 heteroatoms. The molecule has 0 fully saturated rings. The van der Waals surface area contributed by atoms with E-state index in [4.69, 9.17) is 10.00 Å². The summed E-state index contributed by atoms with van der Waals surface area (Å²) in [5, 5.41) is 13.8. The minimum atomic E-state index is -0.662. The summed E-state index contributed by atoms with van der Waals surface area (Å²) in [6.45, 7) is 5.92. The van der Waals surface area contributed by atoms with Crippen molar-refractivity contribution in [1.82, 2.24) is 0 Å². The molecule has 0 heterocycles. The lowest BCUT2D eigenvalue weighted by atomic mass is 10.0. The van der Waals surface area contributed by atoms with Crippen LogP contribution in [0.2, 0.25) is 0 Å². The first kappa shape index (κ1) is 20.0. The minimum Gasteiger partial charge on any atom is -0.481 e. The first-order valence-electron chi connectivity index (χ1n) is 8.73. The highest BCUT2D eigenvalue weighted by atomic mass is 16.5. The highest BCUT2D eigenvalue weighted by Gasteiger charge is 2.15. The molecule has 0 aliphatic heterocycles. The summed E-state index contributed by atoms with van der Waals surface area (Å²) >= 11 is 0. The summed E-state index contributed by atoms with van der Waals surface area (Å²) in [6, 6.07) is 16.1. The second-order valence-electron chi connectivity index (χ2n) is 6.43. The molecule has 1 atom stereocenters. The molecule has 2 rings (SSSR count). The molecule has 0 saturated carbocycles. The van der Waals surface area contributed by atoms with E-state index in [0.717, 1.165) is 0 Å². The van der Waals surface area contributed by atoms with Crippen LogP contribution in [0.3, 0.4) is 0 Å². The number of nitrogens with one attached hydrogen (secondary N) is 2. The largest absolute Gasteiger partial charge is 0.481 e. The Labute approximate surface area is 159 Å². The van der Waals surface area contributed by atoms with Gasteiger partial charge in [0.25, 0.3) is 5.91 Å². The molecule has 0 radical (unpaired) electrons. The van der Waals surface area contributed by atoms with Gasteiger partial charge >= 0.3 is 0 Å². The Morgan fingerprint density at radius 1 is 0.963 bits per heavy atom. The number of ether oxygens (including phenoxy) is 1. The van der Waals surface area contributed by atoms with Crippen LogP contribution >= 0.6 is 0 Å². The monoisotopic (exact) mass is 365 g/mol. The number of hydrogen-bond acceptors (Lipinski definition) is 4. The number of carbonyl (C=O) groups is 2. The average molecular weight is 365 g/mol. The number of nitrogens with zero attached hydrogens (tertiary/aromatic N) is 1. The van der Waals surface area contributed by atoms with Crippen molar-refractivity contribution in [1.29, 1.82) is 5.26 Å². The highest BCUT2D eigenvalue weighted by molar-refractivity contribution is 5.95. The molecule has 6 nitrogen and oxygen atoms in total.